The van der Waals surface area contributed by atoms with E-state index in [1.165, 1.54) is 0 Å². The number of rotatable bonds is 3. The van der Waals surface area contributed by atoms with E-state index in [0.717, 1.165) is 11.1 Å². The van der Waals surface area contributed by atoms with Crippen LogP contribution in [0.1, 0.15) is 31.9 Å². The van der Waals surface area contributed by atoms with Crippen LogP contribution in [0.25, 0.3) is 12.2 Å². The summed E-state index contributed by atoms with van der Waals surface area (Å²) in [4.78, 5) is 15.9. The van der Waals surface area contributed by atoms with Gasteiger partial charge in [0.2, 0.25) is 0 Å². The number of ether oxygens (including phenoxy) is 1. The molecule has 0 spiro atoms. The molecule has 2 aromatic rings. The van der Waals surface area contributed by atoms with Gasteiger partial charge in [0.05, 0.1) is 11.9 Å². The molecule has 120 valence electrons. The van der Waals surface area contributed by atoms with Crippen molar-refractivity contribution in [3.8, 4) is 0 Å². The summed E-state index contributed by atoms with van der Waals surface area (Å²) < 4.78 is 5.21. The number of carbonyl (C=O) groups is 1. The average molecular weight is 311 g/mol. The molecule has 0 saturated carbocycles. The van der Waals surface area contributed by atoms with Gasteiger partial charge in [0.25, 0.3) is 0 Å². The van der Waals surface area contributed by atoms with Crippen LogP contribution in [0, 0.1) is 0 Å². The lowest BCUT2D eigenvalue weighted by Crippen LogP contribution is -2.27. The van der Waals surface area contributed by atoms with E-state index >= 15 is 0 Å². The van der Waals surface area contributed by atoms with Crippen LogP contribution in [-0.2, 0) is 4.74 Å². The molecular weight excluding hydrogens is 290 g/mol. The van der Waals surface area contributed by atoms with Crippen molar-refractivity contribution in [2.24, 2.45) is 0 Å². The Kier molecular flexibility index (Phi) is 5.01. The molecule has 0 aliphatic carbocycles. The highest BCUT2D eigenvalue weighted by Crippen LogP contribution is 2.15. The fourth-order valence-electron chi connectivity index (χ4n) is 1.89. The molecule has 0 aliphatic rings. The molecular formula is C18H21N3O2. The normalized spacial score (nSPS) is 11.4. The van der Waals surface area contributed by atoms with Crippen molar-refractivity contribution in [2.75, 3.05) is 11.1 Å². The highest BCUT2D eigenvalue weighted by molar-refractivity contribution is 5.85. The maximum atomic E-state index is 11.8. The topological polar surface area (TPSA) is 77.2 Å². The average Bonchev–Trinajstić information content (AvgIpc) is 2.43. The fraction of sp³-hybridized carbons (Fsp3) is 0.222. The van der Waals surface area contributed by atoms with E-state index in [0.29, 0.717) is 11.4 Å². The molecule has 23 heavy (non-hydrogen) atoms. The standard InChI is InChI=1S/C18H21N3O2/c1-18(2,3)23-17(22)21-16-10-14(11-20-12-16)8-7-13-5-4-6-15(19)9-13/h4-12H,19H2,1-3H3,(H,21,22)/b8-7-. The number of benzene rings is 1. The minimum atomic E-state index is -0.539. The van der Waals surface area contributed by atoms with E-state index in [4.69, 9.17) is 10.5 Å². The Labute approximate surface area is 136 Å². The number of hydrogen-bond donors (Lipinski definition) is 2. The van der Waals surface area contributed by atoms with Gasteiger partial charge < -0.3 is 10.5 Å². The number of pyridine rings is 1. The highest BCUT2D eigenvalue weighted by atomic mass is 16.6. The van der Waals surface area contributed by atoms with Gasteiger partial charge in [-0.2, -0.15) is 0 Å². The number of nitrogen functional groups attached to an aromatic ring is 1. The molecule has 0 unspecified atom stereocenters. The quantitative estimate of drug-likeness (QED) is 0.834. The third-order valence-corrected chi connectivity index (χ3v) is 2.78. The Hall–Kier alpha value is -2.82. The van der Waals surface area contributed by atoms with Crippen molar-refractivity contribution in [1.82, 2.24) is 4.98 Å². The molecule has 3 N–H and O–H groups in total. The molecule has 0 atom stereocenters. The van der Waals surface area contributed by atoms with Gasteiger partial charge in [-0.3, -0.25) is 10.3 Å². The first kappa shape index (κ1) is 16.5. The molecule has 1 aromatic heterocycles. The maximum Gasteiger partial charge on any atom is 0.412 e. The van der Waals surface area contributed by atoms with E-state index in [2.05, 4.69) is 10.3 Å². The lowest BCUT2D eigenvalue weighted by molar-refractivity contribution is 0.0636. The summed E-state index contributed by atoms with van der Waals surface area (Å²) in [6.45, 7) is 5.45. The van der Waals surface area contributed by atoms with Crippen molar-refractivity contribution in [3.05, 3.63) is 53.9 Å². The summed E-state index contributed by atoms with van der Waals surface area (Å²) in [5, 5.41) is 2.67. The molecule has 0 fully saturated rings. The zero-order valence-corrected chi connectivity index (χ0v) is 13.5. The molecule has 0 bridgehead atoms. The molecule has 1 amide bonds. The number of hydrogen-bond acceptors (Lipinski definition) is 4. The van der Waals surface area contributed by atoms with Crippen LogP contribution in [-0.4, -0.2) is 16.7 Å². The van der Waals surface area contributed by atoms with E-state index in [9.17, 15) is 4.79 Å². The van der Waals surface area contributed by atoms with E-state index < -0.39 is 11.7 Å². The first-order valence-corrected chi connectivity index (χ1v) is 7.30. The minimum Gasteiger partial charge on any atom is -0.444 e. The number of aromatic nitrogens is 1. The maximum absolute atomic E-state index is 11.8. The molecule has 1 aromatic carbocycles. The predicted octanol–water partition coefficient (Wildman–Crippen LogP) is 4.18. The summed E-state index contributed by atoms with van der Waals surface area (Å²) in [6, 6.07) is 9.40. The number of amides is 1. The predicted molar refractivity (Wildman–Crippen MR) is 93.9 cm³/mol. The van der Waals surface area contributed by atoms with Crippen LogP contribution in [0.4, 0.5) is 16.2 Å². The minimum absolute atomic E-state index is 0.503. The Balaban J connectivity index is 2.06. The number of nitrogens with one attached hydrogen (secondary N) is 1. The van der Waals surface area contributed by atoms with Crippen molar-refractivity contribution in [2.45, 2.75) is 26.4 Å². The molecule has 2 rings (SSSR count). The Morgan fingerprint density at radius 1 is 1.17 bits per heavy atom. The van der Waals surface area contributed by atoms with Crippen LogP contribution in [0.5, 0.6) is 0 Å². The van der Waals surface area contributed by atoms with E-state index in [1.54, 1.807) is 12.4 Å². The number of carbonyl (C=O) groups excluding carboxylic acids is 1. The van der Waals surface area contributed by atoms with Crippen LogP contribution in [0.3, 0.4) is 0 Å². The SMILES string of the molecule is CC(C)(C)OC(=O)Nc1cncc(/C=C\c2cccc(N)c2)c1. The van der Waals surface area contributed by atoms with Crippen molar-refractivity contribution in [3.63, 3.8) is 0 Å². The van der Waals surface area contributed by atoms with Gasteiger partial charge >= 0.3 is 6.09 Å². The number of anilines is 2. The second kappa shape index (κ2) is 6.96. The molecule has 5 nitrogen and oxygen atoms in total. The Morgan fingerprint density at radius 2 is 1.91 bits per heavy atom. The zero-order valence-electron chi connectivity index (χ0n) is 13.5. The molecule has 1 heterocycles. The van der Waals surface area contributed by atoms with Crippen LogP contribution in [0.2, 0.25) is 0 Å². The fourth-order valence-corrected chi connectivity index (χ4v) is 1.89. The monoisotopic (exact) mass is 311 g/mol. The van der Waals surface area contributed by atoms with Crippen LogP contribution in [0.15, 0.2) is 42.7 Å². The number of nitrogens with two attached hydrogens (primary N) is 1. The summed E-state index contributed by atoms with van der Waals surface area (Å²) in [7, 11) is 0. The molecule has 0 saturated heterocycles. The zero-order chi connectivity index (χ0) is 16.9. The van der Waals surface area contributed by atoms with Crippen molar-refractivity contribution < 1.29 is 9.53 Å². The first-order valence-electron chi connectivity index (χ1n) is 7.30. The van der Waals surface area contributed by atoms with Gasteiger partial charge in [-0.05, 0) is 50.1 Å². The molecule has 0 radical (unpaired) electrons. The highest BCUT2D eigenvalue weighted by Gasteiger charge is 2.16. The van der Waals surface area contributed by atoms with Crippen LogP contribution >= 0.6 is 0 Å². The van der Waals surface area contributed by atoms with Gasteiger partial charge in [0, 0.05) is 11.9 Å². The van der Waals surface area contributed by atoms with Gasteiger partial charge in [0.1, 0.15) is 5.60 Å². The van der Waals surface area contributed by atoms with Crippen molar-refractivity contribution >= 4 is 29.6 Å². The largest absolute Gasteiger partial charge is 0.444 e. The summed E-state index contributed by atoms with van der Waals surface area (Å²) in [5.41, 5.74) is 8.36. The molecule has 5 heteroatoms. The van der Waals surface area contributed by atoms with Crippen molar-refractivity contribution in [1.29, 1.82) is 0 Å². The summed E-state index contributed by atoms with van der Waals surface area (Å²) in [5.74, 6) is 0. The molecule has 0 aliphatic heterocycles. The number of nitrogens with zero attached hydrogens (tertiary/aromatic N) is 1. The summed E-state index contributed by atoms with van der Waals surface area (Å²) in [6.07, 6.45) is 6.62. The Morgan fingerprint density at radius 3 is 2.61 bits per heavy atom. The smallest absolute Gasteiger partial charge is 0.412 e. The van der Waals surface area contributed by atoms with Gasteiger partial charge in [-0.25, -0.2) is 4.79 Å². The third kappa shape index (κ3) is 5.82. The van der Waals surface area contributed by atoms with E-state index in [-0.39, 0.29) is 0 Å². The first-order chi connectivity index (χ1) is 10.8. The Bertz CT molecular complexity index is 718. The van der Waals surface area contributed by atoms with Gasteiger partial charge in [-0.1, -0.05) is 24.3 Å². The second-order valence-corrected chi connectivity index (χ2v) is 6.14. The summed E-state index contributed by atoms with van der Waals surface area (Å²) >= 11 is 0. The third-order valence-electron chi connectivity index (χ3n) is 2.78. The van der Waals surface area contributed by atoms with Gasteiger partial charge in [-0.15, -0.1) is 0 Å². The second-order valence-electron chi connectivity index (χ2n) is 6.14. The van der Waals surface area contributed by atoms with Gasteiger partial charge in [0.15, 0.2) is 0 Å². The van der Waals surface area contributed by atoms with Crippen LogP contribution < -0.4 is 11.1 Å². The van der Waals surface area contributed by atoms with E-state index in [1.807, 2.05) is 63.3 Å². The lowest BCUT2D eigenvalue weighted by atomic mass is 10.1. The lowest BCUT2D eigenvalue weighted by Gasteiger charge is -2.19.